The van der Waals surface area contributed by atoms with Gasteiger partial charge in [-0.05, 0) is 49.4 Å². The van der Waals surface area contributed by atoms with Crippen LogP contribution >= 0.6 is 0 Å². The minimum absolute atomic E-state index is 0.0524. The molecule has 0 aliphatic carbocycles. The Bertz CT molecular complexity index is 1040. The summed E-state index contributed by atoms with van der Waals surface area (Å²) >= 11 is 0. The van der Waals surface area contributed by atoms with Gasteiger partial charge in [-0.3, -0.25) is 19.3 Å². The maximum Gasteiger partial charge on any atom is 0.416 e. The Labute approximate surface area is 183 Å². The zero-order valence-electron chi connectivity index (χ0n) is 17.4. The number of piperazine rings is 1. The second kappa shape index (κ2) is 8.38. The lowest BCUT2D eigenvalue weighted by Gasteiger charge is -2.38. The highest BCUT2D eigenvalue weighted by atomic mass is 19.4. The smallest absolute Gasteiger partial charge is 0.369 e. The van der Waals surface area contributed by atoms with Gasteiger partial charge in [-0.25, -0.2) is 4.90 Å². The quantitative estimate of drug-likeness (QED) is 0.534. The van der Waals surface area contributed by atoms with Crippen LogP contribution in [0, 0.1) is 0 Å². The summed E-state index contributed by atoms with van der Waals surface area (Å²) in [5.74, 6) is -0.735. The summed E-state index contributed by atoms with van der Waals surface area (Å²) in [6, 6.07) is 10.9. The van der Waals surface area contributed by atoms with E-state index in [2.05, 4.69) is 0 Å². The number of rotatable bonds is 4. The van der Waals surface area contributed by atoms with Crippen molar-refractivity contribution in [2.45, 2.75) is 25.6 Å². The molecule has 1 unspecified atom stereocenters. The van der Waals surface area contributed by atoms with Crippen LogP contribution in [0.1, 0.15) is 29.3 Å². The van der Waals surface area contributed by atoms with Gasteiger partial charge in [-0.15, -0.1) is 0 Å². The second-order valence-corrected chi connectivity index (χ2v) is 7.96. The Morgan fingerprint density at radius 2 is 1.59 bits per heavy atom. The molecule has 9 heteroatoms. The van der Waals surface area contributed by atoms with E-state index in [1.807, 2.05) is 9.80 Å². The van der Waals surface area contributed by atoms with Crippen LogP contribution in [0.25, 0.3) is 0 Å². The number of hydrogen-bond donors (Lipinski definition) is 0. The van der Waals surface area contributed by atoms with Crippen LogP contribution in [0.3, 0.4) is 0 Å². The summed E-state index contributed by atoms with van der Waals surface area (Å²) in [7, 11) is 0. The van der Waals surface area contributed by atoms with E-state index in [9.17, 15) is 27.6 Å². The van der Waals surface area contributed by atoms with Gasteiger partial charge in [-0.2, -0.15) is 13.2 Å². The van der Waals surface area contributed by atoms with E-state index in [0.29, 0.717) is 43.1 Å². The largest absolute Gasteiger partial charge is 0.416 e. The summed E-state index contributed by atoms with van der Waals surface area (Å²) in [4.78, 5) is 41.9. The van der Waals surface area contributed by atoms with Crippen LogP contribution in [0.4, 0.5) is 24.5 Å². The van der Waals surface area contributed by atoms with E-state index in [4.69, 9.17) is 0 Å². The van der Waals surface area contributed by atoms with Gasteiger partial charge in [0.05, 0.1) is 23.7 Å². The molecule has 4 rings (SSSR count). The number of anilines is 2. The van der Waals surface area contributed by atoms with Gasteiger partial charge in [0, 0.05) is 37.4 Å². The number of hydrogen-bond acceptors (Lipinski definition) is 5. The number of carbonyl (C=O) groups is 3. The molecule has 2 heterocycles. The average molecular weight is 445 g/mol. The number of imide groups is 1. The van der Waals surface area contributed by atoms with Crippen molar-refractivity contribution in [3.05, 3.63) is 59.7 Å². The molecule has 32 heavy (non-hydrogen) atoms. The Hall–Kier alpha value is -3.20. The predicted molar refractivity (Wildman–Crippen MR) is 113 cm³/mol. The lowest BCUT2D eigenvalue weighted by molar-refractivity contribution is -0.137. The Kier molecular flexibility index (Phi) is 5.77. The summed E-state index contributed by atoms with van der Waals surface area (Å²) in [6.07, 6.45) is -4.35. The molecule has 0 bridgehead atoms. The van der Waals surface area contributed by atoms with Crippen molar-refractivity contribution in [2.24, 2.45) is 0 Å². The molecule has 1 atom stereocenters. The number of nitrogens with zero attached hydrogens (tertiary/aromatic N) is 3. The van der Waals surface area contributed by atoms with Gasteiger partial charge in [0.15, 0.2) is 5.78 Å². The van der Waals surface area contributed by atoms with E-state index in [1.165, 1.54) is 13.0 Å². The number of Topliss-reactive ketones (excluding diaryl/α,β-unsaturated/α-hetero) is 1. The highest BCUT2D eigenvalue weighted by Gasteiger charge is 2.43. The minimum atomic E-state index is -4.40. The summed E-state index contributed by atoms with van der Waals surface area (Å²) in [5.41, 5.74) is 0.714. The zero-order valence-corrected chi connectivity index (χ0v) is 17.4. The molecular weight excluding hydrogens is 423 g/mol. The van der Waals surface area contributed by atoms with E-state index in [1.54, 1.807) is 30.3 Å². The minimum Gasteiger partial charge on any atom is -0.369 e. The van der Waals surface area contributed by atoms with Crippen molar-refractivity contribution in [2.75, 3.05) is 36.0 Å². The summed E-state index contributed by atoms with van der Waals surface area (Å²) in [6.45, 7) is 3.25. The number of amides is 2. The molecule has 0 radical (unpaired) electrons. The molecule has 2 amide bonds. The van der Waals surface area contributed by atoms with Gasteiger partial charge in [0.2, 0.25) is 5.91 Å². The SMILES string of the molecule is CC(=O)c1ccc(N2C(=O)CC(N3CCN(c4cccc(C(F)(F)F)c4)CC3)C2=O)cc1. The molecule has 2 aliphatic rings. The Morgan fingerprint density at radius 1 is 0.938 bits per heavy atom. The monoisotopic (exact) mass is 445 g/mol. The van der Waals surface area contributed by atoms with Gasteiger partial charge < -0.3 is 4.90 Å². The van der Waals surface area contributed by atoms with Crippen molar-refractivity contribution in [3.8, 4) is 0 Å². The van der Waals surface area contributed by atoms with Gasteiger partial charge in [-0.1, -0.05) is 6.07 Å². The first-order valence-electron chi connectivity index (χ1n) is 10.3. The molecule has 168 valence electrons. The van der Waals surface area contributed by atoms with E-state index >= 15 is 0 Å². The number of carbonyl (C=O) groups excluding carboxylic acids is 3. The van der Waals surface area contributed by atoms with Crippen LogP contribution in [0.2, 0.25) is 0 Å². The third kappa shape index (κ3) is 4.25. The third-order valence-corrected chi connectivity index (χ3v) is 5.95. The molecule has 0 saturated carbocycles. The van der Waals surface area contributed by atoms with Crippen molar-refractivity contribution >= 4 is 29.0 Å². The number of ketones is 1. The maximum absolute atomic E-state index is 13.0. The fourth-order valence-electron chi connectivity index (χ4n) is 4.19. The zero-order chi connectivity index (χ0) is 23.0. The average Bonchev–Trinajstić information content (AvgIpc) is 3.07. The fourth-order valence-corrected chi connectivity index (χ4v) is 4.19. The fraction of sp³-hybridized carbons (Fsp3) is 0.348. The van der Waals surface area contributed by atoms with Crippen LogP contribution in [-0.2, 0) is 15.8 Å². The van der Waals surface area contributed by atoms with Gasteiger partial charge >= 0.3 is 6.18 Å². The van der Waals surface area contributed by atoms with Crippen molar-refractivity contribution in [3.63, 3.8) is 0 Å². The van der Waals surface area contributed by atoms with E-state index in [-0.39, 0.29) is 24.0 Å². The standard InChI is InChI=1S/C23H22F3N3O3/c1-15(30)16-5-7-18(8-6-16)29-21(31)14-20(22(29)32)28-11-9-27(10-12-28)19-4-2-3-17(13-19)23(24,25)26/h2-8,13,20H,9-12,14H2,1H3. The lowest BCUT2D eigenvalue weighted by atomic mass is 10.1. The molecule has 0 spiro atoms. The molecule has 0 aromatic heterocycles. The number of benzene rings is 2. The van der Waals surface area contributed by atoms with Crippen molar-refractivity contribution in [1.29, 1.82) is 0 Å². The van der Waals surface area contributed by atoms with Crippen molar-refractivity contribution in [1.82, 2.24) is 4.90 Å². The first-order chi connectivity index (χ1) is 15.1. The normalized spacial score (nSPS) is 20.2. The molecule has 0 N–H and O–H groups in total. The van der Waals surface area contributed by atoms with Crippen LogP contribution < -0.4 is 9.80 Å². The van der Waals surface area contributed by atoms with Gasteiger partial charge in [0.25, 0.3) is 5.91 Å². The van der Waals surface area contributed by atoms with Crippen LogP contribution in [0.15, 0.2) is 48.5 Å². The topological polar surface area (TPSA) is 60.9 Å². The highest BCUT2D eigenvalue weighted by molar-refractivity contribution is 6.22. The molecule has 2 saturated heterocycles. The molecular formula is C23H22F3N3O3. The first kappa shape index (κ1) is 22.0. The first-order valence-corrected chi connectivity index (χ1v) is 10.3. The third-order valence-electron chi connectivity index (χ3n) is 5.95. The molecule has 2 aromatic rings. The Balaban J connectivity index is 1.42. The molecule has 2 aliphatic heterocycles. The van der Waals surface area contributed by atoms with E-state index in [0.717, 1.165) is 17.0 Å². The predicted octanol–water partition coefficient (Wildman–Crippen LogP) is 3.36. The molecule has 2 fully saturated rings. The van der Waals surface area contributed by atoms with Gasteiger partial charge in [0.1, 0.15) is 0 Å². The van der Waals surface area contributed by atoms with Crippen molar-refractivity contribution < 1.29 is 27.6 Å². The molecule has 6 nitrogen and oxygen atoms in total. The number of alkyl halides is 3. The van der Waals surface area contributed by atoms with Crippen LogP contribution in [-0.4, -0.2) is 54.7 Å². The van der Waals surface area contributed by atoms with Crippen LogP contribution in [0.5, 0.6) is 0 Å². The summed E-state index contributed by atoms with van der Waals surface area (Å²) < 4.78 is 39.0. The lowest BCUT2D eigenvalue weighted by Crippen LogP contribution is -2.52. The maximum atomic E-state index is 13.0. The molecule has 2 aromatic carbocycles. The number of halogens is 3. The second-order valence-electron chi connectivity index (χ2n) is 7.96. The van der Waals surface area contributed by atoms with E-state index < -0.39 is 17.8 Å². The summed E-state index contributed by atoms with van der Waals surface area (Å²) in [5, 5.41) is 0. The highest BCUT2D eigenvalue weighted by Crippen LogP contribution is 2.32. The Morgan fingerprint density at radius 3 is 2.19 bits per heavy atom.